The van der Waals surface area contributed by atoms with E-state index in [9.17, 15) is 29.4 Å². The summed E-state index contributed by atoms with van der Waals surface area (Å²) in [6.45, 7) is 7.67. The molecular formula is C38H57NO8. The van der Waals surface area contributed by atoms with Crippen LogP contribution in [0.15, 0.2) is 36.4 Å². The van der Waals surface area contributed by atoms with E-state index in [0.29, 0.717) is 36.4 Å². The number of carbonyl (C=O) groups is 4. The van der Waals surface area contributed by atoms with E-state index in [1.54, 1.807) is 51.1 Å². The number of aliphatic carboxylic acids is 1. The van der Waals surface area contributed by atoms with Gasteiger partial charge in [-0.05, 0) is 62.6 Å². The number of ketones is 1. The fraction of sp³-hybridized carbons (Fsp3) is 0.632. The smallest absolute Gasteiger partial charge is 0.336 e. The lowest BCUT2D eigenvalue weighted by Gasteiger charge is -2.32. The predicted octanol–water partition coefficient (Wildman–Crippen LogP) is 6.59. The fourth-order valence-corrected chi connectivity index (χ4v) is 5.40. The summed E-state index contributed by atoms with van der Waals surface area (Å²) >= 11 is 0. The molecule has 0 spiro atoms. The lowest BCUT2D eigenvalue weighted by Crippen LogP contribution is -2.55. The molecule has 3 N–H and O–H groups in total. The molecule has 47 heavy (non-hydrogen) atoms. The number of allylic oxidation sites excluding steroid dienone is 1. The number of esters is 1. The number of unbranched alkanes of at least 4 members (excludes halogenated alkanes) is 8. The number of ether oxygens (including phenoxy) is 2. The van der Waals surface area contributed by atoms with Gasteiger partial charge in [-0.1, -0.05) is 89.5 Å². The molecular weight excluding hydrogens is 598 g/mol. The minimum Gasteiger partial charge on any atom is -0.481 e. The highest BCUT2D eigenvalue weighted by atomic mass is 16.5. The summed E-state index contributed by atoms with van der Waals surface area (Å²) in [7, 11) is 1.21. The Morgan fingerprint density at radius 1 is 0.957 bits per heavy atom. The molecule has 0 aliphatic rings. The Morgan fingerprint density at radius 3 is 2.13 bits per heavy atom. The van der Waals surface area contributed by atoms with Crippen molar-refractivity contribution in [1.82, 2.24) is 5.32 Å². The van der Waals surface area contributed by atoms with E-state index in [-0.39, 0.29) is 25.4 Å². The van der Waals surface area contributed by atoms with Crippen molar-refractivity contribution < 1.29 is 38.9 Å². The van der Waals surface area contributed by atoms with E-state index < -0.39 is 35.4 Å². The zero-order chi connectivity index (χ0) is 35.1. The van der Waals surface area contributed by atoms with Crippen LogP contribution in [0.25, 0.3) is 0 Å². The molecule has 0 aromatic heterocycles. The number of methoxy groups -OCH3 is 1. The number of Topliss-reactive ketones (excluding diaryl/α,β-unsaturated/α-hetero) is 1. The van der Waals surface area contributed by atoms with Crippen LogP contribution in [0.4, 0.5) is 0 Å². The number of amides is 1. The molecule has 0 unspecified atom stereocenters. The van der Waals surface area contributed by atoms with Gasteiger partial charge in [0.05, 0.1) is 13.0 Å². The topological polar surface area (TPSA) is 139 Å². The third-order valence-electron chi connectivity index (χ3n) is 8.00. The quantitative estimate of drug-likeness (QED) is 0.0464. The van der Waals surface area contributed by atoms with E-state index in [1.807, 2.05) is 0 Å². The second-order valence-electron chi connectivity index (χ2n) is 12.5. The lowest BCUT2D eigenvalue weighted by molar-refractivity contribution is -0.168. The molecule has 0 heterocycles. The molecule has 0 aliphatic carbocycles. The maximum absolute atomic E-state index is 13.6. The predicted molar refractivity (Wildman–Crippen MR) is 184 cm³/mol. The van der Waals surface area contributed by atoms with Crippen LogP contribution in [0, 0.1) is 23.7 Å². The third-order valence-corrected chi connectivity index (χ3v) is 8.00. The number of carboxylic acids is 1. The number of hydrogen-bond donors (Lipinski definition) is 3. The van der Waals surface area contributed by atoms with Crippen molar-refractivity contribution in [3.8, 4) is 17.6 Å². The van der Waals surface area contributed by atoms with Crippen LogP contribution in [0.3, 0.4) is 0 Å². The summed E-state index contributed by atoms with van der Waals surface area (Å²) < 4.78 is 10.5. The average molecular weight is 656 g/mol. The lowest BCUT2D eigenvalue weighted by atomic mass is 9.79. The first-order chi connectivity index (χ1) is 22.5. The summed E-state index contributed by atoms with van der Waals surface area (Å²) in [5.74, 6) is 1.83. The van der Waals surface area contributed by atoms with Gasteiger partial charge in [0.2, 0.25) is 5.91 Å². The third kappa shape index (κ3) is 16.7. The Balaban J connectivity index is 2.88. The summed E-state index contributed by atoms with van der Waals surface area (Å²) in [5.41, 5.74) is -1.67. The van der Waals surface area contributed by atoms with Crippen molar-refractivity contribution in [1.29, 1.82) is 0 Å². The van der Waals surface area contributed by atoms with Crippen molar-refractivity contribution in [2.45, 2.75) is 129 Å². The minimum absolute atomic E-state index is 0.0843. The summed E-state index contributed by atoms with van der Waals surface area (Å²) in [5, 5.41) is 24.1. The highest BCUT2D eigenvalue weighted by molar-refractivity contribution is 5.92. The number of hydrogen-bond acceptors (Lipinski definition) is 7. The Kier molecular flexibility index (Phi) is 20.8. The van der Waals surface area contributed by atoms with Gasteiger partial charge >= 0.3 is 11.9 Å². The largest absolute Gasteiger partial charge is 0.481 e. The van der Waals surface area contributed by atoms with Gasteiger partial charge in [-0.25, -0.2) is 9.59 Å². The highest BCUT2D eigenvalue weighted by Crippen LogP contribution is 2.29. The molecule has 1 rings (SSSR count). The Labute approximate surface area is 281 Å². The van der Waals surface area contributed by atoms with Crippen molar-refractivity contribution in [3.63, 3.8) is 0 Å². The molecule has 3 atom stereocenters. The van der Waals surface area contributed by atoms with Gasteiger partial charge in [0.15, 0.2) is 5.60 Å². The van der Waals surface area contributed by atoms with Crippen LogP contribution in [0.1, 0.15) is 117 Å². The number of carboxylic acid groups (broad SMARTS) is 1. The van der Waals surface area contributed by atoms with Crippen LogP contribution < -0.4 is 10.1 Å². The number of nitrogens with one attached hydrogen (secondary N) is 1. The van der Waals surface area contributed by atoms with Crippen LogP contribution in [0.2, 0.25) is 0 Å². The van der Waals surface area contributed by atoms with Gasteiger partial charge in [0.1, 0.15) is 24.2 Å². The number of benzene rings is 1. The van der Waals surface area contributed by atoms with Gasteiger partial charge < -0.3 is 25.0 Å². The van der Waals surface area contributed by atoms with Crippen molar-refractivity contribution in [2.75, 3.05) is 13.7 Å². The first-order valence-corrected chi connectivity index (χ1v) is 17.1. The SMILES string of the molecule is CC#CCOc1ccc(C[C@H](NC(=O)[C@@H](C=CCCCCCCC(=O)CCCCCCC)[C@@](O)(CC(C)C)C(=O)O)C(=O)OC)cc1. The average Bonchev–Trinajstić information content (AvgIpc) is 3.03. The van der Waals surface area contributed by atoms with Crippen molar-refractivity contribution in [2.24, 2.45) is 11.8 Å². The van der Waals surface area contributed by atoms with Gasteiger partial charge in [-0.3, -0.25) is 9.59 Å². The van der Waals surface area contributed by atoms with Gasteiger partial charge in [0.25, 0.3) is 0 Å². The molecule has 0 saturated heterocycles. The molecule has 1 aromatic rings. The molecule has 0 radical (unpaired) electrons. The summed E-state index contributed by atoms with van der Waals surface area (Å²) in [6, 6.07) is 5.86. The second kappa shape index (κ2) is 23.6. The van der Waals surface area contributed by atoms with Crippen molar-refractivity contribution >= 4 is 23.6 Å². The van der Waals surface area contributed by atoms with E-state index in [2.05, 4.69) is 24.1 Å². The maximum Gasteiger partial charge on any atom is 0.336 e. The van der Waals surface area contributed by atoms with Crippen LogP contribution in [-0.2, 0) is 30.3 Å². The Morgan fingerprint density at radius 2 is 1.57 bits per heavy atom. The molecule has 0 fully saturated rings. The van der Waals surface area contributed by atoms with Crippen LogP contribution >= 0.6 is 0 Å². The van der Waals surface area contributed by atoms with Gasteiger partial charge in [-0.2, -0.15) is 0 Å². The molecule has 262 valence electrons. The Bertz CT molecular complexity index is 1180. The monoisotopic (exact) mass is 655 g/mol. The molecule has 0 saturated carbocycles. The van der Waals surface area contributed by atoms with E-state index in [4.69, 9.17) is 9.47 Å². The van der Waals surface area contributed by atoms with E-state index in [1.165, 1.54) is 32.4 Å². The first kappa shape index (κ1) is 41.4. The van der Waals surface area contributed by atoms with Gasteiger partial charge in [0, 0.05) is 19.3 Å². The van der Waals surface area contributed by atoms with Crippen LogP contribution in [-0.4, -0.2) is 59.2 Å². The standard InChI is InChI=1S/C38H57NO8/c1-6-8-10-13-16-19-31(40)20-17-14-11-12-15-18-21-33(38(45,37(43)44)28-29(3)4)35(41)39-34(36(42)46-5)27-30-22-24-32(25-23-30)47-26-9-7-2/h18,21-25,29,33-34,45H,6,8,10-17,19-20,26-28H2,1-5H3,(H,39,41)(H,43,44)/t33-,34+,38+/m1/s1. The number of aliphatic hydroxyl groups is 1. The van der Waals surface area contributed by atoms with Crippen molar-refractivity contribution in [3.05, 3.63) is 42.0 Å². The zero-order valence-corrected chi connectivity index (χ0v) is 29.1. The second-order valence-corrected chi connectivity index (χ2v) is 12.5. The molecule has 1 amide bonds. The van der Waals surface area contributed by atoms with Gasteiger partial charge in [-0.15, -0.1) is 5.92 Å². The minimum atomic E-state index is -2.38. The van der Waals surface area contributed by atoms with E-state index >= 15 is 0 Å². The Hall–Kier alpha value is -3.64. The molecule has 0 bridgehead atoms. The molecule has 0 aliphatic heterocycles. The summed E-state index contributed by atoms with van der Waals surface area (Å²) in [4.78, 5) is 50.8. The number of carbonyl (C=O) groups excluding carboxylic acids is 3. The molecule has 9 nitrogen and oxygen atoms in total. The zero-order valence-electron chi connectivity index (χ0n) is 29.1. The maximum atomic E-state index is 13.6. The molecule has 9 heteroatoms. The summed E-state index contributed by atoms with van der Waals surface area (Å²) in [6.07, 6.45) is 14.0. The first-order valence-electron chi connectivity index (χ1n) is 17.1. The normalized spacial score (nSPS) is 13.7. The van der Waals surface area contributed by atoms with Crippen LogP contribution in [0.5, 0.6) is 5.75 Å². The molecule has 1 aromatic carbocycles. The number of rotatable bonds is 25. The fourth-order valence-electron chi connectivity index (χ4n) is 5.40. The van der Waals surface area contributed by atoms with E-state index in [0.717, 1.165) is 38.5 Å². The highest BCUT2D eigenvalue weighted by Gasteiger charge is 2.47.